The van der Waals surface area contributed by atoms with Gasteiger partial charge in [-0.3, -0.25) is 0 Å². The van der Waals surface area contributed by atoms with Crippen LogP contribution >= 0.6 is 0 Å². The van der Waals surface area contributed by atoms with Crippen LogP contribution in [0.25, 0.3) is 0 Å². The van der Waals surface area contributed by atoms with Crippen LogP contribution in [0.5, 0.6) is 11.8 Å². The summed E-state index contributed by atoms with van der Waals surface area (Å²) in [5, 5.41) is 0. The van der Waals surface area contributed by atoms with Crippen molar-refractivity contribution in [2.75, 3.05) is 18.6 Å². The highest BCUT2D eigenvalue weighted by molar-refractivity contribution is 5.63. The second-order valence-corrected chi connectivity index (χ2v) is 6.40. The normalized spacial score (nSPS) is 15.0. The molecule has 1 aromatic carbocycles. The molecule has 0 aliphatic heterocycles. The van der Waals surface area contributed by atoms with Crippen molar-refractivity contribution in [1.29, 1.82) is 0 Å². The third-order valence-electron chi connectivity index (χ3n) is 4.48. The fourth-order valence-electron chi connectivity index (χ4n) is 3.08. The number of alkyl halides is 3. The predicted octanol–water partition coefficient (Wildman–Crippen LogP) is 4.98. The van der Waals surface area contributed by atoms with E-state index in [1.165, 1.54) is 11.9 Å². The minimum atomic E-state index is -4.57. The molecule has 8 heteroatoms. The van der Waals surface area contributed by atoms with Gasteiger partial charge < -0.3 is 14.4 Å². The number of hydrogen-bond donors (Lipinski definition) is 0. The second-order valence-electron chi connectivity index (χ2n) is 6.40. The SMILES string of the molecule is CCOc1ccc(N(C)c2nc(OC3CCCC3)ncc2C(F)(F)F)cc1. The van der Waals surface area contributed by atoms with Crippen LogP contribution in [0.4, 0.5) is 24.7 Å². The molecular weight excluding hydrogens is 359 g/mol. The quantitative estimate of drug-likeness (QED) is 0.706. The Morgan fingerprint density at radius 1 is 1.15 bits per heavy atom. The molecule has 0 saturated heterocycles. The molecule has 1 heterocycles. The molecule has 0 N–H and O–H groups in total. The van der Waals surface area contributed by atoms with E-state index in [0.29, 0.717) is 18.0 Å². The summed E-state index contributed by atoms with van der Waals surface area (Å²) in [5.74, 6) is 0.410. The maximum atomic E-state index is 13.5. The first-order chi connectivity index (χ1) is 12.9. The third kappa shape index (κ3) is 4.61. The van der Waals surface area contributed by atoms with Crippen LogP contribution in [-0.2, 0) is 6.18 Å². The number of hydrogen-bond acceptors (Lipinski definition) is 5. The lowest BCUT2D eigenvalue weighted by atomic mass is 10.2. The minimum Gasteiger partial charge on any atom is -0.494 e. The standard InChI is InChI=1S/C19H22F3N3O2/c1-3-26-14-10-8-13(9-11-14)25(2)17-16(19(20,21)22)12-23-18(24-17)27-15-6-4-5-7-15/h8-12,15H,3-7H2,1-2H3. The van der Waals surface area contributed by atoms with Crippen LogP contribution in [0.3, 0.4) is 0 Å². The van der Waals surface area contributed by atoms with Gasteiger partial charge in [0, 0.05) is 18.9 Å². The molecule has 0 spiro atoms. The van der Waals surface area contributed by atoms with E-state index in [9.17, 15) is 13.2 Å². The van der Waals surface area contributed by atoms with E-state index >= 15 is 0 Å². The van der Waals surface area contributed by atoms with Crippen LogP contribution in [0, 0.1) is 0 Å². The zero-order chi connectivity index (χ0) is 19.4. The molecule has 1 fully saturated rings. The molecule has 1 aliphatic carbocycles. The summed E-state index contributed by atoms with van der Waals surface area (Å²) in [6.45, 7) is 2.38. The first-order valence-corrected chi connectivity index (χ1v) is 8.96. The molecule has 3 rings (SSSR count). The monoisotopic (exact) mass is 381 g/mol. The van der Waals surface area contributed by atoms with Crippen molar-refractivity contribution in [2.45, 2.75) is 44.9 Å². The highest BCUT2D eigenvalue weighted by atomic mass is 19.4. The summed E-state index contributed by atoms with van der Waals surface area (Å²) in [6.07, 6.45) is 0.0147. The molecule has 1 aromatic heterocycles. The second kappa shape index (κ2) is 8.02. The van der Waals surface area contributed by atoms with Gasteiger partial charge in [0.05, 0.1) is 6.61 Å². The van der Waals surface area contributed by atoms with Gasteiger partial charge in [0.15, 0.2) is 5.82 Å². The zero-order valence-corrected chi connectivity index (χ0v) is 15.3. The Morgan fingerprint density at radius 2 is 1.81 bits per heavy atom. The number of benzene rings is 1. The number of nitrogens with zero attached hydrogens (tertiary/aromatic N) is 3. The summed E-state index contributed by atoms with van der Waals surface area (Å²) in [6, 6.07) is 6.76. The van der Waals surface area contributed by atoms with Crippen LogP contribution < -0.4 is 14.4 Å². The molecule has 0 bridgehead atoms. The first kappa shape index (κ1) is 19.3. The van der Waals surface area contributed by atoms with Gasteiger partial charge in [-0.1, -0.05) is 0 Å². The van der Waals surface area contributed by atoms with Gasteiger partial charge in [0.2, 0.25) is 0 Å². The minimum absolute atomic E-state index is 0.0253. The predicted molar refractivity (Wildman–Crippen MR) is 95.6 cm³/mol. The van der Waals surface area contributed by atoms with Crippen LogP contribution in [0.2, 0.25) is 0 Å². The Kier molecular flexibility index (Phi) is 5.72. The highest BCUT2D eigenvalue weighted by Crippen LogP contribution is 2.38. The fraction of sp³-hybridized carbons (Fsp3) is 0.474. The maximum absolute atomic E-state index is 13.5. The zero-order valence-electron chi connectivity index (χ0n) is 15.3. The van der Waals surface area contributed by atoms with Crippen LogP contribution in [0.1, 0.15) is 38.2 Å². The molecule has 2 aromatic rings. The first-order valence-electron chi connectivity index (χ1n) is 8.96. The molecule has 27 heavy (non-hydrogen) atoms. The molecule has 0 unspecified atom stereocenters. The van der Waals surface area contributed by atoms with E-state index in [1.807, 2.05) is 6.92 Å². The largest absolute Gasteiger partial charge is 0.494 e. The summed E-state index contributed by atoms with van der Waals surface area (Å²) >= 11 is 0. The number of rotatable bonds is 6. The van der Waals surface area contributed by atoms with E-state index in [0.717, 1.165) is 31.9 Å². The molecule has 0 atom stereocenters. The van der Waals surface area contributed by atoms with E-state index < -0.39 is 11.7 Å². The number of ether oxygens (including phenoxy) is 2. The van der Waals surface area contributed by atoms with Crippen molar-refractivity contribution in [3.63, 3.8) is 0 Å². The highest BCUT2D eigenvalue weighted by Gasteiger charge is 2.37. The lowest BCUT2D eigenvalue weighted by Crippen LogP contribution is -2.20. The molecule has 146 valence electrons. The average molecular weight is 381 g/mol. The van der Waals surface area contributed by atoms with Crippen molar-refractivity contribution in [3.05, 3.63) is 36.0 Å². The van der Waals surface area contributed by atoms with Crippen LogP contribution in [0.15, 0.2) is 30.5 Å². The van der Waals surface area contributed by atoms with Gasteiger partial charge in [-0.2, -0.15) is 18.2 Å². The van der Waals surface area contributed by atoms with Crippen molar-refractivity contribution >= 4 is 11.5 Å². The summed E-state index contributed by atoms with van der Waals surface area (Å²) in [5.41, 5.74) is -0.355. The molecule has 0 radical (unpaired) electrons. The van der Waals surface area contributed by atoms with E-state index in [1.54, 1.807) is 24.3 Å². The fourth-order valence-corrected chi connectivity index (χ4v) is 3.08. The molecule has 5 nitrogen and oxygen atoms in total. The lowest BCUT2D eigenvalue weighted by molar-refractivity contribution is -0.137. The van der Waals surface area contributed by atoms with Crippen molar-refractivity contribution < 1.29 is 22.6 Å². The summed E-state index contributed by atoms with van der Waals surface area (Å²) in [4.78, 5) is 9.24. The van der Waals surface area contributed by atoms with E-state index in [2.05, 4.69) is 9.97 Å². The number of aromatic nitrogens is 2. The Hall–Kier alpha value is -2.51. The average Bonchev–Trinajstić information content (AvgIpc) is 3.14. The Bertz CT molecular complexity index is 760. The molecule has 1 saturated carbocycles. The van der Waals surface area contributed by atoms with Crippen LogP contribution in [-0.4, -0.2) is 29.7 Å². The number of halogens is 3. The van der Waals surface area contributed by atoms with E-state index in [-0.39, 0.29) is 17.9 Å². The Labute approximate surface area is 156 Å². The Balaban J connectivity index is 1.91. The number of anilines is 2. The van der Waals surface area contributed by atoms with Gasteiger partial charge in [-0.25, -0.2) is 4.98 Å². The van der Waals surface area contributed by atoms with Crippen molar-refractivity contribution in [1.82, 2.24) is 9.97 Å². The molecule has 1 aliphatic rings. The third-order valence-corrected chi connectivity index (χ3v) is 4.48. The smallest absolute Gasteiger partial charge is 0.421 e. The maximum Gasteiger partial charge on any atom is 0.421 e. The van der Waals surface area contributed by atoms with Gasteiger partial charge in [-0.15, -0.1) is 0 Å². The van der Waals surface area contributed by atoms with Gasteiger partial charge in [-0.05, 0) is 56.9 Å². The van der Waals surface area contributed by atoms with Crippen molar-refractivity contribution in [2.24, 2.45) is 0 Å². The summed E-state index contributed by atoms with van der Waals surface area (Å²) < 4.78 is 51.4. The van der Waals surface area contributed by atoms with E-state index in [4.69, 9.17) is 9.47 Å². The molecule has 0 amide bonds. The van der Waals surface area contributed by atoms with Gasteiger partial charge in [0.25, 0.3) is 0 Å². The lowest BCUT2D eigenvalue weighted by Gasteiger charge is -2.23. The Morgan fingerprint density at radius 3 is 2.41 bits per heavy atom. The molecular formula is C19H22F3N3O2. The van der Waals surface area contributed by atoms with Crippen molar-refractivity contribution in [3.8, 4) is 11.8 Å². The van der Waals surface area contributed by atoms with Gasteiger partial charge in [0.1, 0.15) is 17.4 Å². The van der Waals surface area contributed by atoms with Gasteiger partial charge >= 0.3 is 12.2 Å². The summed E-state index contributed by atoms with van der Waals surface area (Å²) in [7, 11) is 1.53. The topological polar surface area (TPSA) is 47.5 Å².